The van der Waals surface area contributed by atoms with Crippen molar-refractivity contribution in [3.8, 4) is 0 Å². The Hall–Kier alpha value is -1.45. The summed E-state index contributed by atoms with van der Waals surface area (Å²) >= 11 is 0. The molecule has 1 aliphatic rings. The van der Waals surface area contributed by atoms with Crippen LogP contribution in [0.15, 0.2) is 23.2 Å². The van der Waals surface area contributed by atoms with Crippen molar-refractivity contribution in [1.82, 2.24) is 0 Å². The van der Waals surface area contributed by atoms with Crippen LogP contribution in [0.5, 0.6) is 0 Å². The third-order valence-corrected chi connectivity index (χ3v) is 2.13. The van der Waals surface area contributed by atoms with Crippen molar-refractivity contribution in [1.29, 1.82) is 0 Å². The second-order valence-electron chi connectivity index (χ2n) is 4.14. The van der Waals surface area contributed by atoms with Crippen LogP contribution in [0.3, 0.4) is 0 Å². The van der Waals surface area contributed by atoms with Crippen molar-refractivity contribution in [2.75, 3.05) is 6.61 Å². The van der Waals surface area contributed by atoms with Gasteiger partial charge in [-0.3, -0.25) is 0 Å². The van der Waals surface area contributed by atoms with E-state index in [0.717, 1.165) is 6.07 Å². The average Bonchev–Trinajstić information content (AvgIpc) is 2.46. The molecule has 2 rings (SSSR count). The predicted octanol–water partition coefficient (Wildman–Crippen LogP) is 2.52. The van der Waals surface area contributed by atoms with E-state index in [2.05, 4.69) is 4.99 Å². The molecule has 0 fully saturated rings. The number of hydrogen-bond donors (Lipinski definition) is 0. The first-order chi connectivity index (χ1) is 6.98. The maximum Gasteiger partial charge on any atom is 0.219 e. The summed E-state index contributed by atoms with van der Waals surface area (Å²) in [6, 6.07) is 3.35. The van der Waals surface area contributed by atoms with E-state index in [1.807, 2.05) is 13.8 Å². The molecule has 0 unspecified atom stereocenters. The molecule has 0 radical (unpaired) electrons. The van der Waals surface area contributed by atoms with Gasteiger partial charge in [-0.1, -0.05) is 0 Å². The molecule has 0 aromatic heterocycles. The fourth-order valence-electron chi connectivity index (χ4n) is 1.39. The van der Waals surface area contributed by atoms with Crippen LogP contribution in [0, 0.1) is 11.6 Å². The van der Waals surface area contributed by atoms with Gasteiger partial charge in [-0.2, -0.15) is 0 Å². The topological polar surface area (TPSA) is 21.6 Å². The number of nitrogens with zero attached hydrogens (tertiary/aromatic N) is 1. The van der Waals surface area contributed by atoms with Crippen LogP contribution in [0.4, 0.5) is 8.78 Å². The second kappa shape index (κ2) is 3.29. The predicted molar refractivity (Wildman–Crippen MR) is 52.9 cm³/mol. The number of hydrogen-bond acceptors (Lipinski definition) is 2. The summed E-state index contributed by atoms with van der Waals surface area (Å²) in [6.07, 6.45) is 0. The van der Waals surface area contributed by atoms with Gasteiger partial charge in [0.1, 0.15) is 18.2 Å². The van der Waals surface area contributed by atoms with Gasteiger partial charge < -0.3 is 4.74 Å². The van der Waals surface area contributed by atoms with Crippen LogP contribution >= 0.6 is 0 Å². The summed E-state index contributed by atoms with van der Waals surface area (Å²) < 4.78 is 31.3. The van der Waals surface area contributed by atoms with Crippen molar-refractivity contribution in [3.05, 3.63) is 35.4 Å². The number of halogens is 2. The molecule has 80 valence electrons. The highest BCUT2D eigenvalue weighted by atomic mass is 19.1. The molecule has 0 spiro atoms. The maximum atomic E-state index is 13.4. The summed E-state index contributed by atoms with van der Waals surface area (Å²) in [6.45, 7) is 4.20. The van der Waals surface area contributed by atoms with Crippen LogP contribution in [-0.2, 0) is 4.74 Å². The summed E-state index contributed by atoms with van der Waals surface area (Å²) in [4.78, 5) is 4.21. The molecule has 0 aliphatic carbocycles. The van der Waals surface area contributed by atoms with Gasteiger partial charge in [0, 0.05) is 6.07 Å². The van der Waals surface area contributed by atoms with E-state index >= 15 is 0 Å². The third kappa shape index (κ3) is 1.98. The lowest BCUT2D eigenvalue weighted by Gasteiger charge is -2.07. The standard InChI is InChI=1S/C11H11F2NO/c1-11(2)6-15-10(14-11)8-4-3-7(12)5-9(8)13/h3-5H,6H2,1-2H3. The van der Waals surface area contributed by atoms with E-state index < -0.39 is 11.6 Å². The lowest BCUT2D eigenvalue weighted by atomic mass is 10.1. The molecule has 1 heterocycles. The van der Waals surface area contributed by atoms with Gasteiger partial charge in [-0.25, -0.2) is 13.8 Å². The number of aliphatic imine (C=N–C) groups is 1. The smallest absolute Gasteiger partial charge is 0.219 e. The molecule has 1 aliphatic heterocycles. The van der Waals surface area contributed by atoms with Crippen molar-refractivity contribution < 1.29 is 13.5 Å². The molecule has 0 saturated carbocycles. The van der Waals surface area contributed by atoms with E-state index in [1.54, 1.807) is 0 Å². The summed E-state index contributed by atoms with van der Waals surface area (Å²) in [5.74, 6) is -1.00. The summed E-state index contributed by atoms with van der Waals surface area (Å²) in [5.41, 5.74) is -0.127. The zero-order valence-corrected chi connectivity index (χ0v) is 8.55. The molecular formula is C11H11F2NO. The van der Waals surface area contributed by atoms with Crippen LogP contribution in [0.1, 0.15) is 19.4 Å². The van der Waals surface area contributed by atoms with Crippen molar-refractivity contribution in [2.24, 2.45) is 4.99 Å². The Bertz CT molecular complexity index is 427. The SMILES string of the molecule is CC1(C)COC(c2ccc(F)cc2F)=N1. The quantitative estimate of drug-likeness (QED) is 0.699. The van der Waals surface area contributed by atoms with Gasteiger partial charge in [0.05, 0.1) is 11.1 Å². The van der Waals surface area contributed by atoms with Gasteiger partial charge in [-0.05, 0) is 26.0 Å². The van der Waals surface area contributed by atoms with Crippen LogP contribution in [0.25, 0.3) is 0 Å². The summed E-state index contributed by atoms with van der Waals surface area (Å²) in [7, 11) is 0. The Morgan fingerprint density at radius 3 is 2.60 bits per heavy atom. The Morgan fingerprint density at radius 2 is 2.07 bits per heavy atom. The zero-order valence-electron chi connectivity index (χ0n) is 8.55. The number of benzene rings is 1. The fourth-order valence-corrected chi connectivity index (χ4v) is 1.39. The van der Waals surface area contributed by atoms with Crippen LogP contribution in [-0.4, -0.2) is 18.0 Å². The third-order valence-electron chi connectivity index (χ3n) is 2.13. The molecule has 0 amide bonds. The molecule has 2 nitrogen and oxygen atoms in total. The van der Waals surface area contributed by atoms with Crippen LogP contribution in [0.2, 0.25) is 0 Å². The molecule has 0 bridgehead atoms. The minimum Gasteiger partial charge on any atom is -0.475 e. The zero-order chi connectivity index (χ0) is 11.1. The van der Waals surface area contributed by atoms with Crippen molar-refractivity contribution in [2.45, 2.75) is 19.4 Å². The van der Waals surface area contributed by atoms with E-state index in [9.17, 15) is 8.78 Å². The Kier molecular flexibility index (Phi) is 2.21. The molecule has 0 saturated heterocycles. The van der Waals surface area contributed by atoms with Crippen molar-refractivity contribution >= 4 is 5.90 Å². The molecule has 15 heavy (non-hydrogen) atoms. The highest BCUT2D eigenvalue weighted by molar-refractivity contribution is 5.95. The van der Waals surface area contributed by atoms with Gasteiger partial charge in [0.2, 0.25) is 5.90 Å². The van der Waals surface area contributed by atoms with Gasteiger partial charge >= 0.3 is 0 Å². The van der Waals surface area contributed by atoms with E-state index in [1.165, 1.54) is 12.1 Å². The molecule has 1 aromatic rings. The minimum atomic E-state index is -0.647. The molecular weight excluding hydrogens is 200 g/mol. The molecule has 0 N–H and O–H groups in total. The fraction of sp³-hybridized carbons (Fsp3) is 0.364. The summed E-state index contributed by atoms with van der Waals surface area (Å²) in [5, 5.41) is 0. The van der Waals surface area contributed by atoms with E-state index in [4.69, 9.17) is 4.74 Å². The Labute approximate surface area is 86.6 Å². The monoisotopic (exact) mass is 211 g/mol. The molecule has 0 atom stereocenters. The average molecular weight is 211 g/mol. The minimum absolute atomic E-state index is 0.210. The lowest BCUT2D eigenvalue weighted by molar-refractivity contribution is 0.279. The Balaban J connectivity index is 2.39. The van der Waals surface area contributed by atoms with Gasteiger partial charge in [0.15, 0.2) is 0 Å². The molecule has 4 heteroatoms. The number of rotatable bonds is 1. The number of ether oxygens (including phenoxy) is 1. The van der Waals surface area contributed by atoms with Gasteiger partial charge in [-0.15, -0.1) is 0 Å². The van der Waals surface area contributed by atoms with Crippen molar-refractivity contribution in [3.63, 3.8) is 0 Å². The largest absolute Gasteiger partial charge is 0.475 e. The first-order valence-corrected chi connectivity index (χ1v) is 4.66. The first kappa shape index (κ1) is 10.1. The van der Waals surface area contributed by atoms with Crippen LogP contribution < -0.4 is 0 Å². The van der Waals surface area contributed by atoms with Gasteiger partial charge in [0.25, 0.3) is 0 Å². The second-order valence-corrected chi connectivity index (χ2v) is 4.14. The van der Waals surface area contributed by atoms with E-state index in [-0.39, 0.29) is 17.0 Å². The first-order valence-electron chi connectivity index (χ1n) is 4.66. The molecule has 1 aromatic carbocycles. The van der Waals surface area contributed by atoms with E-state index in [0.29, 0.717) is 6.61 Å². The normalized spacial score (nSPS) is 18.5. The maximum absolute atomic E-state index is 13.4. The highest BCUT2D eigenvalue weighted by Gasteiger charge is 2.28. The Morgan fingerprint density at radius 1 is 1.33 bits per heavy atom. The lowest BCUT2D eigenvalue weighted by Crippen LogP contribution is -2.17. The highest BCUT2D eigenvalue weighted by Crippen LogP contribution is 2.22.